The van der Waals surface area contributed by atoms with Crippen molar-refractivity contribution in [3.05, 3.63) is 87.2 Å². The molecule has 0 radical (unpaired) electrons. The normalized spacial score (nSPS) is 21.2. The van der Waals surface area contributed by atoms with Gasteiger partial charge in [0.15, 0.2) is 5.78 Å². The van der Waals surface area contributed by atoms with Crippen LogP contribution >= 0.6 is 11.6 Å². The van der Waals surface area contributed by atoms with Crippen LogP contribution in [0.2, 0.25) is 5.02 Å². The van der Waals surface area contributed by atoms with Crippen molar-refractivity contribution in [1.29, 1.82) is 0 Å². The lowest BCUT2D eigenvalue weighted by molar-refractivity contribution is -0.152. The molecule has 0 fully saturated rings. The fourth-order valence-corrected chi connectivity index (χ4v) is 5.55. The van der Waals surface area contributed by atoms with Gasteiger partial charge < -0.3 is 19.5 Å². The van der Waals surface area contributed by atoms with E-state index in [1.807, 2.05) is 18.2 Å². The molecule has 2 aliphatic rings. The summed E-state index contributed by atoms with van der Waals surface area (Å²) >= 11 is 6.61. The molecular formula is C29H30ClNO6. The average Bonchev–Trinajstić information content (AvgIpc) is 2.88. The Balaban J connectivity index is 1.94. The smallest absolute Gasteiger partial charge is 0.336 e. The third-order valence-corrected chi connectivity index (χ3v) is 7.15. The molecule has 1 aliphatic heterocycles. The minimum atomic E-state index is -1.12. The lowest BCUT2D eigenvalue weighted by Gasteiger charge is -2.39. The van der Waals surface area contributed by atoms with Crippen LogP contribution < -0.4 is 10.1 Å². The average molecular weight is 524 g/mol. The number of Topliss-reactive ketones (excluding diaryl/α,β-unsaturated/α-hetero) is 1. The first-order chi connectivity index (χ1) is 17.8. The number of esters is 2. The molecule has 37 heavy (non-hydrogen) atoms. The van der Waals surface area contributed by atoms with Gasteiger partial charge >= 0.3 is 11.9 Å². The number of carbonyl (C=O) groups excluding carboxylic acids is 3. The molecule has 1 heterocycles. The van der Waals surface area contributed by atoms with E-state index in [4.69, 9.17) is 25.8 Å². The Morgan fingerprint density at radius 3 is 2.30 bits per heavy atom. The van der Waals surface area contributed by atoms with Crippen molar-refractivity contribution in [2.75, 3.05) is 20.3 Å². The van der Waals surface area contributed by atoms with Crippen molar-refractivity contribution in [3.8, 4) is 5.75 Å². The summed E-state index contributed by atoms with van der Waals surface area (Å²) in [5, 5.41) is 3.69. The molecule has 0 spiro atoms. The van der Waals surface area contributed by atoms with E-state index < -0.39 is 35.5 Å². The van der Waals surface area contributed by atoms with Gasteiger partial charge in [-0.2, -0.15) is 0 Å². The van der Waals surface area contributed by atoms with Crippen LogP contribution in [-0.4, -0.2) is 38.0 Å². The molecule has 0 unspecified atom stereocenters. The lowest BCUT2D eigenvalue weighted by atomic mass is 9.67. The molecule has 1 aliphatic carbocycles. The molecule has 0 aromatic heterocycles. The summed E-state index contributed by atoms with van der Waals surface area (Å²) in [4.78, 5) is 40.8. The Hall–Kier alpha value is -3.58. The minimum Gasteiger partial charge on any atom is -0.496 e. The third-order valence-electron chi connectivity index (χ3n) is 6.81. The van der Waals surface area contributed by atoms with Gasteiger partial charge in [0, 0.05) is 33.8 Å². The Labute approximate surface area is 221 Å². The SMILES string of the molecule is CCOC(=O)C1=C(C)NC2=C(C(=O)[C@H](C(=O)OCC)[C@@H](c3ccccc3OC)C2)[C@@H]1c1ccccc1Cl. The van der Waals surface area contributed by atoms with E-state index in [0.717, 1.165) is 5.56 Å². The predicted molar refractivity (Wildman–Crippen MR) is 139 cm³/mol. The summed E-state index contributed by atoms with van der Waals surface area (Å²) in [6, 6.07) is 14.4. The standard InChI is InChI=1S/C29H30ClNO6/c1-5-36-28(33)23-16(3)31-21-15-19(17-11-8-10-14-22(17)35-4)25(29(34)37-6-2)27(32)26(21)24(23)18-12-7-9-13-20(18)30/h7-14,19,24-25,31H,5-6,15H2,1-4H3/t19-,24-,25-/m1/s1. The molecule has 8 heteroatoms. The Morgan fingerprint density at radius 2 is 1.65 bits per heavy atom. The first-order valence-corrected chi connectivity index (χ1v) is 12.7. The van der Waals surface area contributed by atoms with Gasteiger partial charge in [-0.3, -0.25) is 9.59 Å². The number of methoxy groups -OCH3 is 1. The van der Waals surface area contributed by atoms with Gasteiger partial charge in [0.2, 0.25) is 0 Å². The largest absolute Gasteiger partial charge is 0.496 e. The number of rotatable bonds is 7. The van der Waals surface area contributed by atoms with Crippen molar-refractivity contribution in [2.45, 2.75) is 39.0 Å². The van der Waals surface area contributed by atoms with Crippen LogP contribution in [-0.2, 0) is 23.9 Å². The quantitative estimate of drug-likeness (QED) is 0.400. The molecule has 194 valence electrons. The van der Waals surface area contributed by atoms with Gasteiger partial charge in [-0.05, 0) is 50.5 Å². The highest BCUT2D eigenvalue weighted by Gasteiger charge is 2.49. The van der Waals surface area contributed by atoms with Crippen molar-refractivity contribution in [2.24, 2.45) is 5.92 Å². The lowest BCUT2D eigenvalue weighted by Crippen LogP contribution is -2.43. The molecule has 2 aromatic carbocycles. The van der Waals surface area contributed by atoms with E-state index in [0.29, 0.717) is 45.3 Å². The topological polar surface area (TPSA) is 90.9 Å². The van der Waals surface area contributed by atoms with E-state index in [1.54, 1.807) is 58.2 Å². The predicted octanol–water partition coefficient (Wildman–Crippen LogP) is 5.06. The van der Waals surface area contributed by atoms with Crippen LogP contribution in [0.5, 0.6) is 5.75 Å². The molecule has 2 aromatic rings. The number of ether oxygens (including phenoxy) is 3. The first-order valence-electron chi connectivity index (χ1n) is 12.3. The molecule has 0 saturated carbocycles. The monoisotopic (exact) mass is 523 g/mol. The van der Waals surface area contributed by atoms with Gasteiger partial charge in [0.1, 0.15) is 11.7 Å². The van der Waals surface area contributed by atoms with Gasteiger partial charge in [-0.15, -0.1) is 0 Å². The summed E-state index contributed by atoms with van der Waals surface area (Å²) in [6.07, 6.45) is 0.333. The maximum atomic E-state index is 14.3. The van der Waals surface area contributed by atoms with Crippen LogP contribution in [0.1, 0.15) is 50.2 Å². The molecule has 0 bridgehead atoms. The second kappa shape index (κ2) is 11.2. The summed E-state index contributed by atoms with van der Waals surface area (Å²) in [7, 11) is 1.55. The molecule has 0 saturated heterocycles. The molecule has 3 atom stereocenters. The number of para-hydroxylation sites is 1. The van der Waals surface area contributed by atoms with E-state index in [2.05, 4.69) is 5.32 Å². The summed E-state index contributed by atoms with van der Waals surface area (Å²) in [5.41, 5.74) is 3.15. The summed E-state index contributed by atoms with van der Waals surface area (Å²) in [6.45, 7) is 5.51. The maximum absolute atomic E-state index is 14.3. The van der Waals surface area contributed by atoms with Crippen molar-refractivity contribution < 1.29 is 28.6 Å². The number of carbonyl (C=O) groups is 3. The van der Waals surface area contributed by atoms with Gasteiger partial charge in [0.05, 0.1) is 25.9 Å². The van der Waals surface area contributed by atoms with E-state index in [-0.39, 0.29) is 13.2 Å². The Kier molecular flexibility index (Phi) is 8.03. The van der Waals surface area contributed by atoms with Crippen LogP contribution in [0.4, 0.5) is 0 Å². The maximum Gasteiger partial charge on any atom is 0.336 e. The zero-order valence-electron chi connectivity index (χ0n) is 21.3. The van der Waals surface area contributed by atoms with E-state index >= 15 is 0 Å². The first kappa shape index (κ1) is 26.5. The van der Waals surface area contributed by atoms with Crippen LogP contribution in [0.15, 0.2) is 71.1 Å². The van der Waals surface area contributed by atoms with Gasteiger partial charge in [0.25, 0.3) is 0 Å². The van der Waals surface area contributed by atoms with E-state index in [9.17, 15) is 14.4 Å². The fourth-order valence-electron chi connectivity index (χ4n) is 5.30. The Morgan fingerprint density at radius 1 is 1.00 bits per heavy atom. The zero-order chi connectivity index (χ0) is 26.7. The van der Waals surface area contributed by atoms with Crippen LogP contribution in [0.25, 0.3) is 0 Å². The number of dihydropyridines is 1. The van der Waals surface area contributed by atoms with Crippen LogP contribution in [0.3, 0.4) is 0 Å². The van der Waals surface area contributed by atoms with Crippen molar-refractivity contribution in [1.82, 2.24) is 5.32 Å². The molecule has 0 amide bonds. The summed E-state index contributed by atoms with van der Waals surface area (Å²) in [5.74, 6) is -3.44. The number of ketones is 1. The Bertz CT molecular complexity index is 1300. The zero-order valence-corrected chi connectivity index (χ0v) is 22.1. The number of allylic oxidation sites excluding steroid dienone is 3. The number of hydrogen-bond acceptors (Lipinski definition) is 7. The molecule has 4 rings (SSSR count). The number of benzene rings is 2. The van der Waals surface area contributed by atoms with Crippen molar-refractivity contribution in [3.63, 3.8) is 0 Å². The molecular weight excluding hydrogens is 494 g/mol. The van der Waals surface area contributed by atoms with Crippen molar-refractivity contribution >= 4 is 29.3 Å². The second-order valence-electron chi connectivity index (χ2n) is 8.88. The van der Waals surface area contributed by atoms with Crippen LogP contribution in [0, 0.1) is 5.92 Å². The highest BCUT2D eigenvalue weighted by atomic mass is 35.5. The third kappa shape index (κ3) is 4.88. The number of halogens is 1. The summed E-state index contributed by atoms with van der Waals surface area (Å²) < 4.78 is 16.3. The van der Waals surface area contributed by atoms with Gasteiger partial charge in [-0.25, -0.2) is 4.79 Å². The number of nitrogens with one attached hydrogen (secondary N) is 1. The highest BCUT2D eigenvalue weighted by molar-refractivity contribution is 6.31. The van der Waals surface area contributed by atoms with Gasteiger partial charge in [-0.1, -0.05) is 48.0 Å². The molecule has 7 nitrogen and oxygen atoms in total. The second-order valence-corrected chi connectivity index (χ2v) is 9.28. The highest BCUT2D eigenvalue weighted by Crippen LogP contribution is 2.50. The number of hydrogen-bond donors (Lipinski definition) is 1. The molecule has 1 N–H and O–H groups in total. The minimum absolute atomic E-state index is 0.131. The van der Waals surface area contributed by atoms with E-state index in [1.165, 1.54) is 0 Å². The fraction of sp³-hybridized carbons (Fsp3) is 0.345.